The summed E-state index contributed by atoms with van der Waals surface area (Å²) in [7, 11) is 1.65. The van der Waals surface area contributed by atoms with Crippen LogP contribution >= 0.6 is 34.8 Å². The van der Waals surface area contributed by atoms with Crippen LogP contribution in [0.3, 0.4) is 0 Å². The number of ether oxygens (including phenoxy) is 1. The Hall–Kier alpha value is -9.74. The lowest BCUT2D eigenvalue weighted by molar-refractivity contribution is -0.385. The molecule has 12 rings (SSSR count). The number of halogens is 3. The Kier molecular flexibility index (Phi) is 15.0. The Bertz CT molecular complexity index is 4060. The van der Waals surface area contributed by atoms with E-state index in [-0.39, 0.29) is 11.4 Å². The van der Waals surface area contributed by atoms with Gasteiger partial charge < -0.3 is 20.7 Å². The van der Waals surface area contributed by atoms with Gasteiger partial charge in [-0.3, -0.25) is 35.5 Å². The Morgan fingerprint density at radius 2 is 0.792 bits per heavy atom. The maximum Gasteiger partial charge on any atom is 0.271 e. The normalized spacial score (nSPS) is 10.8. The van der Waals surface area contributed by atoms with Gasteiger partial charge in [0, 0.05) is 80.2 Å². The molecule has 0 amide bonds. The lowest BCUT2D eigenvalue weighted by Gasteiger charge is -2.08. The first-order chi connectivity index (χ1) is 37.5. The largest absolute Gasteiger partial charge is 0.497 e. The zero-order valence-electron chi connectivity index (χ0n) is 40.5. The van der Waals surface area contributed by atoms with Crippen LogP contribution in [0.5, 0.6) is 5.75 Å². The van der Waals surface area contributed by atoms with Crippen LogP contribution < -0.4 is 20.7 Å². The van der Waals surface area contributed by atoms with Crippen molar-refractivity contribution >= 4 is 113 Å². The number of benzene rings is 9. The van der Waals surface area contributed by atoms with Gasteiger partial charge in [0.1, 0.15) is 5.75 Å². The molecule has 16 nitrogen and oxygen atoms in total. The minimum Gasteiger partial charge on any atom is -0.497 e. The number of non-ortho nitro benzene ring substituents is 2. The van der Waals surface area contributed by atoms with Gasteiger partial charge in [-0.15, -0.1) is 0 Å². The van der Waals surface area contributed by atoms with Crippen molar-refractivity contribution in [3.8, 4) is 39.1 Å². The fourth-order valence-electron chi connectivity index (χ4n) is 8.39. The van der Waals surface area contributed by atoms with Crippen molar-refractivity contribution in [1.82, 2.24) is 30.6 Å². The van der Waals surface area contributed by atoms with Crippen molar-refractivity contribution in [2.24, 2.45) is 0 Å². The lowest BCUT2D eigenvalue weighted by atomic mass is 10.0. The van der Waals surface area contributed by atoms with Crippen molar-refractivity contribution in [2.75, 3.05) is 23.1 Å². The lowest BCUT2D eigenvalue weighted by Crippen LogP contribution is -1.93. The summed E-state index contributed by atoms with van der Waals surface area (Å²) in [6, 6.07) is 61.5. The fraction of sp³-hybridized carbons (Fsp3) is 0.0172. The Morgan fingerprint density at radius 3 is 1.18 bits per heavy atom. The fourth-order valence-corrected chi connectivity index (χ4v) is 9.21. The number of hydrogen-bond acceptors (Lipinski definition) is 11. The second kappa shape index (κ2) is 22.8. The number of fused-ring (bicyclic) bond motifs is 3. The third-order valence-corrected chi connectivity index (χ3v) is 13.1. The number of aromatic amines is 3. The Labute approximate surface area is 453 Å². The number of nitro groups is 2. The second-order valence-corrected chi connectivity index (χ2v) is 18.4. The zero-order chi connectivity index (χ0) is 53.4. The molecule has 0 saturated carbocycles. The van der Waals surface area contributed by atoms with Crippen LogP contribution in [0.4, 0.5) is 45.9 Å². The molecular weight excluding hydrogens is 1040 g/mol. The molecule has 0 spiro atoms. The molecule has 3 heterocycles. The Morgan fingerprint density at radius 1 is 0.416 bits per heavy atom. The van der Waals surface area contributed by atoms with Gasteiger partial charge in [-0.2, -0.15) is 15.3 Å². The van der Waals surface area contributed by atoms with Crippen LogP contribution in [0.1, 0.15) is 0 Å². The number of aromatic nitrogens is 6. The van der Waals surface area contributed by atoms with Gasteiger partial charge in [-0.1, -0.05) is 138 Å². The van der Waals surface area contributed by atoms with Gasteiger partial charge in [0.05, 0.1) is 48.6 Å². The maximum absolute atomic E-state index is 10.9. The number of nitro benzene ring substituents is 2. The molecule has 0 radical (unpaired) electrons. The van der Waals surface area contributed by atoms with E-state index in [0.717, 1.165) is 83.3 Å². The molecule has 0 aliphatic carbocycles. The van der Waals surface area contributed by atoms with E-state index in [4.69, 9.17) is 39.5 Å². The highest BCUT2D eigenvalue weighted by Crippen LogP contribution is 2.38. The first-order valence-electron chi connectivity index (χ1n) is 23.6. The van der Waals surface area contributed by atoms with E-state index in [9.17, 15) is 20.2 Å². The number of nitrogens with one attached hydrogen (secondary N) is 6. The van der Waals surface area contributed by atoms with Crippen molar-refractivity contribution in [2.45, 2.75) is 0 Å². The minimum atomic E-state index is -0.429. The molecule has 0 atom stereocenters. The number of nitrogens with zero attached hydrogens (tertiary/aromatic N) is 5. The van der Waals surface area contributed by atoms with Gasteiger partial charge in [0.25, 0.3) is 11.4 Å². The van der Waals surface area contributed by atoms with E-state index < -0.39 is 9.85 Å². The summed E-state index contributed by atoms with van der Waals surface area (Å²) in [5, 5.41) is 57.9. The monoisotopic (exact) mass is 1080 g/mol. The van der Waals surface area contributed by atoms with Gasteiger partial charge in [-0.05, 0) is 83.4 Å². The molecule has 0 bridgehead atoms. The molecule has 12 aromatic rings. The topological polar surface area (TPSA) is 218 Å². The van der Waals surface area contributed by atoms with Crippen LogP contribution in [0.25, 0.3) is 66.1 Å². The van der Waals surface area contributed by atoms with E-state index >= 15 is 0 Å². The molecule has 380 valence electrons. The highest BCUT2D eigenvalue weighted by molar-refractivity contribution is 6.35. The minimum absolute atomic E-state index is 0.0165. The van der Waals surface area contributed by atoms with Crippen molar-refractivity contribution in [3.63, 3.8) is 0 Å². The predicted molar refractivity (Wildman–Crippen MR) is 309 cm³/mol. The quantitative estimate of drug-likeness (QED) is 0.0499. The summed E-state index contributed by atoms with van der Waals surface area (Å²) < 4.78 is 5.27. The van der Waals surface area contributed by atoms with E-state index in [1.165, 1.54) is 24.3 Å². The SMILES string of the molecule is COc1cccc(Nc2n[nH]c3cc(Cl)c(-c4ccccc4)cc23)c1.O=[N+]([O-])c1ccc(Nc2n[nH]c3cc(Cl)c(-c4ccccc4)cc23)cc1.O=[N+]([O-])c1cccc(Nc2n[nH]c3cc(Cl)c(-c4ccccc4)cc23)c1. The number of rotatable bonds is 12. The van der Waals surface area contributed by atoms with E-state index in [2.05, 4.69) is 52.6 Å². The van der Waals surface area contributed by atoms with E-state index in [0.29, 0.717) is 38.1 Å². The third kappa shape index (κ3) is 11.6. The van der Waals surface area contributed by atoms with Crippen molar-refractivity contribution < 1.29 is 14.6 Å². The third-order valence-electron chi connectivity index (χ3n) is 12.2. The molecule has 77 heavy (non-hydrogen) atoms. The molecule has 19 heteroatoms. The predicted octanol–water partition coefficient (Wildman–Crippen LogP) is 16.7. The molecule has 3 aromatic heterocycles. The van der Waals surface area contributed by atoms with Gasteiger partial charge >= 0.3 is 0 Å². The summed E-state index contributed by atoms with van der Waals surface area (Å²) in [6.07, 6.45) is 0. The molecule has 0 fully saturated rings. The summed E-state index contributed by atoms with van der Waals surface area (Å²) in [5.74, 6) is 2.74. The van der Waals surface area contributed by atoms with Crippen molar-refractivity contribution in [1.29, 1.82) is 0 Å². The summed E-state index contributed by atoms with van der Waals surface area (Å²) >= 11 is 19.3. The van der Waals surface area contributed by atoms with E-state index in [1.54, 1.807) is 31.4 Å². The standard InChI is InChI=1S/C20H16ClN3O.2C19H13ClN4O2/c1-25-15-9-5-8-14(10-15)22-20-17-11-16(13-6-3-2-4-7-13)18(21)12-19(17)23-24-20;20-17-11-18-16(10-15(17)12-5-2-1-3-6-12)19(23-22-18)21-13-7-4-8-14(9-13)24(25)26;20-17-11-18-16(10-15(17)12-4-2-1-3-5-12)19(23-22-18)21-13-6-8-14(9-7-13)24(25)26/h2-12H,1H3,(H2,22,23,24);2*1-11H,(H2,21,22,23). The molecular formula is C58H42Cl3N11O5. The van der Waals surface area contributed by atoms with Crippen LogP contribution in [-0.2, 0) is 0 Å². The van der Waals surface area contributed by atoms with Crippen LogP contribution in [0, 0.1) is 20.2 Å². The average Bonchev–Trinajstić information content (AvgIpc) is 4.17. The zero-order valence-corrected chi connectivity index (χ0v) is 42.7. The van der Waals surface area contributed by atoms with Crippen molar-refractivity contribution in [3.05, 3.63) is 235 Å². The number of methoxy groups -OCH3 is 1. The number of H-pyrrole nitrogens is 3. The van der Waals surface area contributed by atoms with Crippen LogP contribution in [0.15, 0.2) is 200 Å². The smallest absolute Gasteiger partial charge is 0.271 e. The molecule has 0 aliphatic heterocycles. The molecule has 0 saturated heterocycles. The van der Waals surface area contributed by atoms with E-state index in [1.807, 2.05) is 146 Å². The number of hydrogen-bond donors (Lipinski definition) is 6. The molecule has 6 N–H and O–H groups in total. The highest BCUT2D eigenvalue weighted by atomic mass is 35.5. The van der Waals surface area contributed by atoms with Crippen LogP contribution in [-0.4, -0.2) is 47.5 Å². The maximum atomic E-state index is 10.9. The first-order valence-corrected chi connectivity index (χ1v) is 24.7. The Balaban J connectivity index is 0.000000131. The molecule has 9 aromatic carbocycles. The van der Waals surface area contributed by atoms with Crippen LogP contribution in [0.2, 0.25) is 15.1 Å². The molecule has 0 aliphatic rings. The summed E-state index contributed by atoms with van der Waals surface area (Å²) in [5.41, 5.74) is 10.6. The average molecular weight is 1080 g/mol. The highest BCUT2D eigenvalue weighted by Gasteiger charge is 2.16. The first kappa shape index (κ1) is 50.8. The van der Waals surface area contributed by atoms with Gasteiger partial charge in [0.15, 0.2) is 17.5 Å². The summed E-state index contributed by atoms with van der Waals surface area (Å²) in [4.78, 5) is 20.9. The van der Waals surface area contributed by atoms with Gasteiger partial charge in [0.2, 0.25) is 0 Å². The molecule has 0 unspecified atom stereocenters. The second-order valence-electron chi connectivity index (χ2n) is 17.2. The number of anilines is 6. The summed E-state index contributed by atoms with van der Waals surface area (Å²) in [6.45, 7) is 0. The van der Waals surface area contributed by atoms with Gasteiger partial charge in [-0.25, -0.2) is 0 Å².